The second-order valence-electron chi connectivity index (χ2n) is 7.31. The summed E-state index contributed by atoms with van der Waals surface area (Å²) in [7, 11) is 0. The Morgan fingerprint density at radius 3 is 2.65 bits per heavy atom. The predicted molar refractivity (Wildman–Crippen MR) is 86.9 cm³/mol. The van der Waals surface area contributed by atoms with Crippen LogP contribution in [0.4, 0.5) is 0 Å². The Balaban J connectivity index is 2.15. The Labute approximate surface area is 128 Å². The SMILES string of the molecule is CCC1(C)NC(CC(C)C)N(CC2(C)CCCS2)C1=O. The summed E-state index contributed by atoms with van der Waals surface area (Å²) in [4.78, 5) is 15.0. The van der Waals surface area contributed by atoms with Crippen molar-refractivity contribution in [1.29, 1.82) is 0 Å². The van der Waals surface area contributed by atoms with Crippen LogP contribution in [0.5, 0.6) is 0 Å². The maximum Gasteiger partial charge on any atom is 0.243 e. The van der Waals surface area contributed by atoms with Gasteiger partial charge in [-0.15, -0.1) is 0 Å². The molecule has 0 aromatic carbocycles. The minimum absolute atomic E-state index is 0.213. The molecule has 3 atom stereocenters. The number of hydrogen-bond acceptors (Lipinski definition) is 3. The van der Waals surface area contributed by atoms with E-state index in [-0.39, 0.29) is 16.5 Å². The topological polar surface area (TPSA) is 32.3 Å². The van der Waals surface area contributed by atoms with E-state index in [2.05, 4.69) is 44.8 Å². The fourth-order valence-corrected chi connectivity index (χ4v) is 4.66. The second kappa shape index (κ2) is 5.88. The van der Waals surface area contributed by atoms with Crippen molar-refractivity contribution in [3.63, 3.8) is 0 Å². The predicted octanol–water partition coefficient (Wildman–Crippen LogP) is 3.24. The molecule has 1 N–H and O–H groups in total. The lowest BCUT2D eigenvalue weighted by atomic mass is 9.98. The summed E-state index contributed by atoms with van der Waals surface area (Å²) in [6.45, 7) is 11.9. The van der Waals surface area contributed by atoms with Gasteiger partial charge >= 0.3 is 0 Å². The molecule has 2 rings (SSSR count). The van der Waals surface area contributed by atoms with Crippen molar-refractivity contribution in [1.82, 2.24) is 10.2 Å². The lowest BCUT2D eigenvalue weighted by Crippen LogP contribution is -2.45. The first-order valence-electron chi connectivity index (χ1n) is 8.02. The van der Waals surface area contributed by atoms with Crippen LogP contribution in [-0.2, 0) is 4.79 Å². The van der Waals surface area contributed by atoms with Crippen molar-refractivity contribution in [2.45, 2.75) is 76.8 Å². The van der Waals surface area contributed by atoms with Crippen LogP contribution in [0.15, 0.2) is 0 Å². The minimum atomic E-state index is -0.362. The van der Waals surface area contributed by atoms with Gasteiger partial charge in [-0.05, 0) is 51.2 Å². The highest BCUT2D eigenvalue weighted by atomic mass is 32.2. The highest BCUT2D eigenvalue weighted by molar-refractivity contribution is 8.00. The first-order chi connectivity index (χ1) is 9.30. The largest absolute Gasteiger partial charge is 0.324 e. The minimum Gasteiger partial charge on any atom is -0.324 e. The highest BCUT2D eigenvalue weighted by Crippen LogP contribution is 2.40. The van der Waals surface area contributed by atoms with E-state index >= 15 is 0 Å². The number of amides is 1. The zero-order valence-corrected chi connectivity index (χ0v) is 14.5. The summed E-state index contributed by atoms with van der Waals surface area (Å²) in [5.41, 5.74) is -0.362. The molecular formula is C16H30N2OS. The molecule has 0 aliphatic carbocycles. The number of nitrogens with one attached hydrogen (secondary N) is 1. The molecule has 2 aliphatic rings. The van der Waals surface area contributed by atoms with E-state index in [1.54, 1.807) is 0 Å². The third kappa shape index (κ3) is 3.16. The van der Waals surface area contributed by atoms with E-state index in [4.69, 9.17) is 0 Å². The van der Waals surface area contributed by atoms with Crippen molar-refractivity contribution >= 4 is 17.7 Å². The van der Waals surface area contributed by atoms with Gasteiger partial charge in [0, 0.05) is 11.3 Å². The number of thioether (sulfide) groups is 1. The molecular weight excluding hydrogens is 268 g/mol. The van der Waals surface area contributed by atoms with Gasteiger partial charge in [-0.3, -0.25) is 10.1 Å². The average molecular weight is 298 g/mol. The van der Waals surface area contributed by atoms with Crippen LogP contribution in [0.3, 0.4) is 0 Å². The van der Waals surface area contributed by atoms with E-state index in [0.717, 1.165) is 19.4 Å². The van der Waals surface area contributed by atoms with Crippen LogP contribution in [0.1, 0.15) is 60.3 Å². The van der Waals surface area contributed by atoms with Gasteiger partial charge in [0.2, 0.25) is 5.91 Å². The van der Waals surface area contributed by atoms with Crippen LogP contribution in [0.2, 0.25) is 0 Å². The Hall–Kier alpha value is -0.220. The van der Waals surface area contributed by atoms with E-state index in [0.29, 0.717) is 11.8 Å². The number of carbonyl (C=O) groups excluding carboxylic acids is 1. The maximum atomic E-state index is 12.8. The first-order valence-corrected chi connectivity index (χ1v) is 9.01. The van der Waals surface area contributed by atoms with E-state index in [1.165, 1.54) is 18.6 Å². The molecule has 0 aromatic rings. The van der Waals surface area contributed by atoms with Gasteiger partial charge in [0.15, 0.2) is 0 Å². The van der Waals surface area contributed by atoms with Crippen LogP contribution < -0.4 is 5.32 Å². The molecule has 20 heavy (non-hydrogen) atoms. The summed E-state index contributed by atoms with van der Waals surface area (Å²) in [5.74, 6) is 2.15. The molecule has 1 amide bonds. The molecule has 2 heterocycles. The molecule has 3 unspecified atom stereocenters. The molecule has 3 nitrogen and oxygen atoms in total. The van der Waals surface area contributed by atoms with Gasteiger partial charge in [0.1, 0.15) is 0 Å². The van der Waals surface area contributed by atoms with Gasteiger partial charge in [-0.1, -0.05) is 20.8 Å². The summed E-state index contributed by atoms with van der Waals surface area (Å²) < 4.78 is 0.256. The Morgan fingerprint density at radius 1 is 1.45 bits per heavy atom. The van der Waals surface area contributed by atoms with E-state index < -0.39 is 0 Å². The van der Waals surface area contributed by atoms with Gasteiger partial charge in [-0.25, -0.2) is 0 Å². The van der Waals surface area contributed by atoms with Gasteiger partial charge in [0.05, 0.1) is 11.7 Å². The molecule has 0 saturated carbocycles. The third-order valence-electron chi connectivity index (χ3n) is 4.80. The van der Waals surface area contributed by atoms with Crippen LogP contribution in [0.25, 0.3) is 0 Å². The number of carbonyl (C=O) groups is 1. The Morgan fingerprint density at radius 2 is 2.15 bits per heavy atom. The lowest BCUT2D eigenvalue weighted by molar-refractivity contribution is -0.133. The zero-order chi connectivity index (χ0) is 15.0. The Kier molecular flexibility index (Phi) is 4.75. The molecule has 4 heteroatoms. The molecule has 2 aliphatic heterocycles. The summed E-state index contributed by atoms with van der Waals surface area (Å²) in [5, 5.41) is 3.61. The average Bonchev–Trinajstić information content (AvgIpc) is 2.88. The van der Waals surface area contributed by atoms with Crippen molar-refractivity contribution in [3.8, 4) is 0 Å². The third-order valence-corrected chi connectivity index (χ3v) is 6.32. The zero-order valence-electron chi connectivity index (χ0n) is 13.7. The highest BCUT2D eigenvalue weighted by Gasteiger charge is 2.48. The summed E-state index contributed by atoms with van der Waals surface area (Å²) in [6, 6.07) is 0. The quantitative estimate of drug-likeness (QED) is 0.845. The first kappa shape index (κ1) is 16.2. The molecule has 2 fully saturated rings. The smallest absolute Gasteiger partial charge is 0.243 e. The maximum absolute atomic E-state index is 12.8. The van der Waals surface area contributed by atoms with Gasteiger partial charge in [-0.2, -0.15) is 11.8 Å². The monoisotopic (exact) mass is 298 g/mol. The fourth-order valence-electron chi connectivity index (χ4n) is 3.36. The van der Waals surface area contributed by atoms with Crippen LogP contribution >= 0.6 is 11.8 Å². The molecule has 2 saturated heterocycles. The number of rotatable bonds is 5. The summed E-state index contributed by atoms with van der Waals surface area (Å²) >= 11 is 2.04. The van der Waals surface area contributed by atoms with Crippen molar-refractivity contribution in [2.24, 2.45) is 5.92 Å². The van der Waals surface area contributed by atoms with Crippen molar-refractivity contribution in [3.05, 3.63) is 0 Å². The molecule has 0 aromatic heterocycles. The van der Waals surface area contributed by atoms with Crippen LogP contribution in [0, 0.1) is 5.92 Å². The Bertz CT molecular complexity index is 365. The second-order valence-corrected chi connectivity index (χ2v) is 8.99. The van der Waals surface area contributed by atoms with Crippen LogP contribution in [-0.4, -0.2) is 39.6 Å². The summed E-state index contributed by atoms with van der Waals surface area (Å²) in [6.07, 6.45) is 4.64. The normalized spacial score (nSPS) is 38.2. The van der Waals surface area contributed by atoms with Crippen molar-refractivity contribution < 1.29 is 4.79 Å². The van der Waals surface area contributed by atoms with Crippen molar-refractivity contribution in [2.75, 3.05) is 12.3 Å². The van der Waals surface area contributed by atoms with Gasteiger partial charge in [0.25, 0.3) is 0 Å². The van der Waals surface area contributed by atoms with E-state index in [1.807, 2.05) is 11.8 Å². The molecule has 0 radical (unpaired) electrons. The van der Waals surface area contributed by atoms with Gasteiger partial charge < -0.3 is 4.90 Å². The number of hydrogen-bond donors (Lipinski definition) is 1. The fraction of sp³-hybridized carbons (Fsp3) is 0.938. The lowest BCUT2D eigenvalue weighted by Gasteiger charge is -2.33. The number of nitrogens with zero attached hydrogens (tertiary/aromatic N) is 1. The molecule has 0 bridgehead atoms. The molecule has 0 spiro atoms. The van der Waals surface area contributed by atoms with E-state index in [9.17, 15) is 4.79 Å². The standard InChI is InChI=1S/C16H30N2OS/c1-6-16(5)14(19)18(13(17-16)10-12(2)3)11-15(4)8-7-9-20-15/h12-13,17H,6-11H2,1-5H3. The molecule has 116 valence electrons.